The average Bonchev–Trinajstić information content (AvgIpc) is 3.17. The van der Waals surface area contributed by atoms with E-state index in [1.54, 1.807) is 36.4 Å². The molecule has 0 saturated heterocycles. The molecule has 2 aromatic rings. The minimum atomic E-state index is -3.36. The van der Waals surface area contributed by atoms with E-state index in [0.29, 0.717) is 35.1 Å². The Kier molecular flexibility index (Phi) is 6.40. The third-order valence-electron chi connectivity index (χ3n) is 4.83. The quantitative estimate of drug-likeness (QED) is 0.700. The molecule has 10 heteroatoms. The zero-order chi connectivity index (χ0) is 22.8. The van der Waals surface area contributed by atoms with Crippen LogP contribution in [0.2, 0.25) is 0 Å². The van der Waals surface area contributed by atoms with Gasteiger partial charge in [0, 0.05) is 19.0 Å². The largest absolute Gasteiger partial charge is 0.493 e. The van der Waals surface area contributed by atoms with Gasteiger partial charge in [0.2, 0.25) is 21.7 Å². The lowest BCUT2D eigenvalue weighted by Crippen LogP contribution is -2.24. The number of ether oxygens (including phenoxy) is 3. The number of amides is 1. The summed E-state index contributed by atoms with van der Waals surface area (Å²) < 4.78 is 41.5. The van der Waals surface area contributed by atoms with Crippen LogP contribution in [0, 0.1) is 0 Å². The first kappa shape index (κ1) is 22.4. The molecule has 0 saturated carbocycles. The normalized spacial score (nSPS) is 16.0. The van der Waals surface area contributed by atoms with E-state index in [9.17, 15) is 13.2 Å². The summed E-state index contributed by atoms with van der Waals surface area (Å²) in [4.78, 5) is 12.3. The number of methoxy groups -OCH3 is 3. The van der Waals surface area contributed by atoms with Crippen molar-refractivity contribution in [2.24, 2.45) is 5.10 Å². The molecule has 9 nitrogen and oxygen atoms in total. The van der Waals surface area contributed by atoms with Crippen molar-refractivity contribution in [2.45, 2.75) is 19.4 Å². The van der Waals surface area contributed by atoms with Crippen LogP contribution in [0.25, 0.3) is 0 Å². The van der Waals surface area contributed by atoms with Gasteiger partial charge in [-0.15, -0.1) is 0 Å². The van der Waals surface area contributed by atoms with Gasteiger partial charge < -0.3 is 14.2 Å². The standard InChI is InChI=1S/C21H25N3O6S/c1-13(25)24-18(15-10-19(28-2)21(30-4)20(11-15)29-3)12-17(22-24)14-6-8-16(9-7-14)23-31(5,26)27/h6-11,18,23H,12H2,1-5H3. The predicted molar refractivity (Wildman–Crippen MR) is 117 cm³/mol. The fraction of sp³-hybridized carbons (Fsp3) is 0.333. The van der Waals surface area contributed by atoms with Crippen molar-refractivity contribution in [1.29, 1.82) is 0 Å². The fourth-order valence-corrected chi connectivity index (χ4v) is 4.04. The summed E-state index contributed by atoms with van der Waals surface area (Å²) in [6, 6.07) is 10.1. The molecule has 1 unspecified atom stereocenters. The minimum absolute atomic E-state index is 0.205. The zero-order valence-electron chi connectivity index (χ0n) is 18.0. The van der Waals surface area contributed by atoms with Gasteiger partial charge in [-0.1, -0.05) is 12.1 Å². The first-order chi connectivity index (χ1) is 14.7. The molecule has 0 bridgehead atoms. The topological polar surface area (TPSA) is 107 Å². The van der Waals surface area contributed by atoms with Gasteiger partial charge in [-0.2, -0.15) is 5.10 Å². The highest BCUT2D eigenvalue weighted by Crippen LogP contribution is 2.43. The van der Waals surface area contributed by atoms with E-state index in [0.717, 1.165) is 17.4 Å². The smallest absolute Gasteiger partial charge is 0.240 e. The lowest BCUT2D eigenvalue weighted by molar-refractivity contribution is -0.130. The van der Waals surface area contributed by atoms with Gasteiger partial charge in [0.25, 0.3) is 0 Å². The Hall–Kier alpha value is -3.27. The number of rotatable bonds is 7. The molecule has 2 aromatic carbocycles. The Labute approximate surface area is 181 Å². The Morgan fingerprint density at radius 3 is 2.10 bits per heavy atom. The maximum absolute atomic E-state index is 12.3. The second-order valence-electron chi connectivity index (χ2n) is 7.04. The molecule has 1 atom stereocenters. The third kappa shape index (κ3) is 4.91. The molecular formula is C21H25N3O6S. The first-order valence-corrected chi connectivity index (χ1v) is 11.3. The van der Waals surface area contributed by atoms with Crippen molar-refractivity contribution in [2.75, 3.05) is 32.3 Å². The van der Waals surface area contributed by atoms with Crippen LogP contribution in [-0.2, 0) is 14.8 Å². The highest BCUT2D eigenvalue weighted by atomic mass is 32.2. The van der Waals surface area contributed by atoms with Gasteiger partial charge in [0.1, 0.15) is 0 Å². The van der Waals surface area contributed by atoms with E-state index in [1.165, 1.54) is 33.3 Å². The molecule has 0 radical (unpaired) electrons. The maximum atomic E-state index is 12.3. The molecule has 1 N–H and O–H groups in total. The van der Waals surface area contributed by atoms with E-state index in [4.69, 9.17) is 14.2 Å². The van der Waals surface area contributed by atoms with Crippen LogP contribution in [-0.4, -0.2) is 52.6 Å². The molecule has 1 heterocycles. The zero-order valence-corrected chi connectivity index (χ0v) is 18.8. The molecule has 1 amide bonds. The molecule has 166 valence electrons. The molecule has 0 aliphatic carbocycles. The summed E-state index contributed by atoms with van der Waals surface area (Å²) in [5.41, 5.74) is 2.74. The van der Waals surface area contributed by atoms with E-state index < -0.39 is 10.0 Å². The predicted octanol–water partition coefficient (Wildman–Crippen LogP) is 2.78. The Morgan fingerprint density at radius 1 is 1.06 bits per heavy atom. The second-order valence-corrected chi connectivity index (χ2v) is 8.79. The molecular weight excluding hydrogens is 422 g/mol. The molecule has 1 aliphatic rings. The molecule has 0 spiro atoms. The summed E-state index contributed by atoms with van der Waals surface area (Å²) in [5, 5.41) is 5.95. The summed E-state index contributed by atoms with van der Waals surface area (Å²) in [5.74, 6) is 1.25. The van der Waals surface area contributed by atoms with E-state index in [-0.39, 0.29) is 11.9 Å². The Morgan fingerprint density at radius 2 is 1.65 bits per heavy atom. The van der Waals surface area contributed by atoms with Crippen molar-refractivity contribution in [3.63, 3.8) is 0 Å². The van der Waals surface area contributed by atoms with Crippen molar-refractivity contribution in [3.05, 3.63) is 47.5 Å². The summed E-state index contributed by atoms with van der Waals surface area (Å²) in [6.07, 6.45) is 1.56. The van der Waals surface area contributed by atoms with Crippen LogP contribution in [0.15, 0.2) is 41.5 Å². The molecule has 0 fully saturated rings. The van der Waals surface area contributed by atoms with Crippen molar-refractivity contribution >= 4 is 27.3 Å². The van der Waals surface area contributed by atoms with Crippen LogP contribution in [0.1, 0.15) is 30.5 Å². The number of hydrogen-bond acceptors (Lipinski definition) is 7. The first-order valence-electron chi connectivity index (χ1n) is 9.42. The molecule has 3 rings (SSSR count). The number of sulfonamides is 1. The summed E-state index contributed by atoms with van der Waals surface area (Å²) >= 11 is 0. The number of nitrogens with zero attached hydrogens (tertiary/aromatic N) is 2. The van der Waals surface area contributed by atoms with E-state index >= 15 is 0 Å². The minimum Gasteiger partial charge on any atom is -0.493 e. The molecule has 31 heavy (non-hydrogen) atoms. The number of hydrazone groups is 1. The number of hydrogen-bond donors (Lipinski definition) is 1. The molecule has 1 aliphatic heterocycles. The van der Waals surface area contributed by atoms with Crippen LogP contribution >= 0.6 is 0 Å². The Bertz CT molecular complexity index is 1090. The van der Waals surface area contributed by atoms with Gasteiger partial charge in [-0.25, -0.2) is 13.4 Å². The fourth-order valence-electron chi connectivity index (χ4n) is 3.47. The number of nitrogens with one attached hydrogen (secondary N) is 1. The van der Waals surface area contributed by atoms with E-state index in [1.807, 2.05) is 0 Å². The van der Waals surface area contributed by atoms with Crippen molar-refractivity contribution in [1.82, 2.24) is 5.01 Å². The highest BCUT2D eigenvalue weighted by molar-refractivity contribution is 7.92. The number of anilines is 1. The number of benzene rings is 2. The van der Waals surface area contributed by atoms with Gasteiger partial charge >= 0.3 is 0 Å². The van der Waals surface area contributed by atoms with Gasteiger partial charge in [-0.05, 0) is 35.4 Å². The third-order valence-corrected chi connectivity index (χ3v) is 5.43. The van der Waals surface area contributed by atoms with Crippen LogP contribution in [0.4, 0.5) is 5.69 Å². The highest BCUT2D eigenvalue weighted by Gasteiger charge is 2.33. The van der Waals surface area contributed by atoms with E-state index in [2.05, 4.69) is 9.82 Å². The maximum Gasteiger partial charge on any atom is 0.240 e. The Balaban J connectivity index is 1.94. The van der Waals surface area contributed by atoms with Gasteiger partial charge in [0.05, 0.1) is 39.3 Å². The lowest BCUT2D eigenvalue weighted by Gasteiger charge is -2.22. The van der Waals surface area contributed by atoms with Crippen molar-refractivity contribution < 1.29 is 27.4 Å². The number of carbonyl (C=O) groups excluding carboxylic acids is 1. The van der Waals surface area contributed by atoms with Crippen LogP contribution in [0.3, 0.4) is 0 Å². The van der Waals surface area contributed by atoms with Gasteiger partial charge in [0.15, 0.2) is 11.5 Å². The summed E-state index contributed by atoms with van der Waals surface area (Å²) in [6.45, 7) is 1.45. The van der Waals surface area contributed by atoms with Crippen LogP contribution in [0.5, 0.6) is 17.2 Å². The lowest BCUT2D eigenvalue weighted by atomic mass is 9.97. The summed E-state index contributed by atoms with van der Waals surface area (Å²) in [7, 11) is 1.24. The SMILES string of the molecule is COc1cc(C2CC(c3ccc(NS(C)(=O)=O)cc3)=NN2C(C)=O)cc(OC)c1OC. The second kappa shape index (κ2) is 8.84. The monoisotopic (exact) mass is 447 g/mol. The van der Waals surface area contributed by atoms with Crippen LogP contribution < -0.4 is 18.9 Å². The molecule has 0 aromatic heterocycles. The number of carbonyl (C=O) groups is 1. The average molecular weight is 448 g/mol. The van der Waals surface area contributed by atoms with Gasteiger partial charge in [-0.3, -0.25) is 9.52 Å². The van der Waals surface area contributed by atoms with Crippen molar-refractivity contribution in [3.8, 4) is 17.2 Å².